The van der Waals surface area contributed by atoms with Crippen LogP contribution in [-0.2, 0) is 24.5 Å². The van der Waals surface area contributed by atoms with Gasteiger partial charge < -0.3 is 9.47 Å². The van der Waals surface area contributed by atoms with E-state index in [1.54, 1.807) is 13.8 Å². The van der Waals surface area contributed by atoms with Gasteiger partial charge in [0.2, 0.25) is 0 Å². The zero-order chi connectivity index (χ0) is 25.2. The van der Waals surface area contributed by atoms with Crippen LogP contribution in [0.15, 0.2) is 60.7 Å². The Morgan fingerprint density at radius 2 is 1.40 bits per heavy atom. The number of esters is 2. The first-order valence-corrected chi connectivity index (χ1v) is 12.8. The highest BCUT2D eigenvalue weighted by Crippen LogP contribution is 2.66. The van der Waals surface area contributed by atoms with Gasteiger partial charge in [0, 0.05) is 16.9 Å². The average molecular weight is 477 g/mol. The largest absolute Gasteiger partial charge is 0.465 e. The van der Waals surface area contributed by atoms with Crippen LogP contribution in [0.4, 0.5) is 0 Å². The molecule has 35 heavy (non-hydrogen) atoms. The summed E-state index contributed by atoms with van der Waals surface area (Å²) in [4.78, 5) is 40.6. The first-order chi connectivity index (χ1) is 16.8. The van der Waals surface area contributed by atoms with Gasteiger partial charge in [0.1, 0.15) is 0 Å². The lowest BCUT2D eigenvalue weighted by molar-refractivity contribution is -0.172. The van der Waals surface area contributed by atoms with Crippen molar-refractivity contribution in [3.63, 3.8) is 0 Å². The van der Waals surface area contributed by atoms with Crippen molar-refractivity contribution in [1.29, 1.82) is 0 Å². The maximum absolute atomic E-state index is 14.0. The van der Waals surface area contributed by atoms with Crippen LogP contribution >= 0.6 is 0 Å². The summed E-state index contributed by atoms with van der Waals surface area (Å²) < 4.78 is 10.9. The van der Waals surface area contributed by atoms with Crippen molar-refractivity contribution in [1.82, 2.24) is 0 Å². The quantitative estimate of drug-likeness (QED) is 0.281. The first kappa shape index (κ1) is 25.2. The first-order valence-electron chi connectivity index (χ1n) is 12.8. The van der Waals surface area contributed by atoms with E-state index in [0.717, 1.165) is 5.56 Å². The molecule has 0 aliphatic heterocycles. The summed E-state index contributed by atoms with van der Waals surface area (Å²) in [5.41, 5.74) is -0.0304. The highest BCUT2D eigenvalue weighted by Gasteiger charge is 2.68. The Bertz CT molecular complexity index is 1040. The Labute approximate surface area is 208 Å². The van der Waals surface area contributed by atoms with E-state index >= 15 is 0 Å². The van der Waals surface area contributed by atoms with Crippen LogP contribution in [0.5, 0.6) is 0 Å². The number of ether oxygens (including phenoxy) is 2. The topological polar surface area (TPSA) is 69.7 Å². The molecule has 2 aliphatic rings. The summed E-state index contributed by atoms with van der Waals surface area (Å²) in [6.45, 7) is 8.24. The van der Waals surface area contributed by atoms with Crippen LogP contribution in [0.25, 0.3) is 0 Å². The third-order valence-corrected chi connectivity index (χ3v) is 8.41. The Morgan fingerprint density at radius 1 is 0.857 bits per heavy atom. The number of Topliss-reactive ketones (excluding diaryl/α,β-unsaturated/α-hetero) is 1. The Balaban J connectivity index is 1.85. The number of fused-ring (bicyclic) bond motifs is 1. The molecule has 2 fully saturated rings. The van der Waals surface area contributed by atoms with Gasteiger partial charge in [-0.15, -0.1) is 0 Å². The predicted octanol–water partition coefficient (Wildman–Crippen LogP) is 5.62. The van der Waals surface area contributed by atoms with E-state index in [1.165, 1.54) is 0 Å². The molecule has 0 unspecified atom stereocenters. The average Bonchev–Trinajstić information content (AvgIpc) is 3.40. The van der Waals surface area contributed by atoms with Crippen LogP contribution in [0, 0.1) is 29.1 Å². The molecule has 2 aromatic carbocycles. The third kappa shape index (κ3) is 3.99. The molecule has 2 aliphatic carbocycles. The summed E-state index contributed by atoms with van der Waals surface area (Å²) in [5, 5.41) is 0. The molecular formula is C30H36O5. The molecule has 0 aromatic heterocycles. The van der Waals surface area contributed by atoms with Crippen molar-refractivity contribution in [2.45, 2.75) is 52.4 Å². The fourth-order valence-electron chi connectivity index (χ4n) is 7.17. The fourth-order valence-corrected chi connectivity index (χ4v) is 7.17. The summed E-state index contributed by atoms with van der Waals surface area (Å²) in [6, 6.07) is 19.7. The van der Waals surface area contributed by atoms with Gasteiger partial charge in [-0.1, -0.05) is 74.5 Å². The molecule has 4 atom stereocenters. The molecule has 0 amide bonds. The van der Waals surface area contributed by atoms with E-state index in [9.17, 15) is 14.4 Å². The predicted molar refractivity (Wildman–Crippen MR) is 134 cm³/mol. The van der Waals surface area contributed by atoms with Gasteiger partial charge in [-0.2, -0.15) is 0 Å². The van der Waals surface area contributed by atoms with Gasteiger partial charge in [-0.05, 0) is 56.4 Å². The molecule has 0 saturated heterocycles. The molecule has 2 saturated carbocycles. The van der Waals surface area contributed by atoms with Gasteiger partial charge in [0.25, 0.3) is 0 Å². The number of carbonyl (C=O) groups excluding carboxylic acids is 3. The number of hydrogen-bond donors (Lipinski definition) is 0. The number of ketones is 1. The van der Waals surface area contributed by atoms with E-state index in [1.807, 2.05) is 48.5 Å². The minimum absolute atomic E-state index is 0.0311. The molecule has 4 rings (SSSR count). The second kappa shape index (κ2) is 9.96. The lowest BCUT2D eigenvalue weighted by atomic mass is 9.58. The van der Waals surface area contributed by atoms with Crippen LogP contribution < -0.4 is 0 Å². The maximum atomic E-state index is 14.0. The van der Waals surface area contributed by atoms with Crippen LogP contribution in [0.3, 0.4) is 0 Å². The van der Waals surface area contributed by atoms with Crippen LogP contribution in [-0.4, -0.2) is 30.9 Å². The Hall–Kier alpha value is -2.95. The van der Waals surface area contributed by atoms with Gasteiger partial charge in [0.05, 0.1) is 13.2 Å². The van der Waals surface area contributed by atoms with E-state index in [-0.39, 0.29) is 42.7 Å². The maximum Gasteiger partial charge on any atom is 0.323 e. The van der Waals surface area contributed by atoms with E-state index in [4.69, 9.17) is 9.47 Å². The summed E-state index contributed by atoms with van der Waals surface area (Å²) >= 11 is 0. The number of hydrogen-bond acceptors (Lipinski definition) is 5. The summed E-state index contributed by atoms with van der Waals surface area (Å²) in [7, 11) is 0. The fraction of sp³-hybridized carbons (Fsp3) is 0.500. The second-order valence-electron chi connectivity index (χ2n) is 10.3. The number of rotatable bonds is 8. The van der Waals surface area contributed by atoms with Gasteiger partial charge >= 0.3 is 11.9 Å². The normalized spacial score (nSPS) is 26.8. The molecule has 0 N–H and O–H groups in total. The summed E-state index contributed by atoms with van der Waals surface area (Å²) in [5.74, 6) is -0.993. The van der Waals surface area contributed by atoms with Gasteiger partial charge in [-0.3, -0.25) is 14.4 Å². The lowest BCUT2D eigenvalue weighted by Crippen LogP contribution is -2.47. The van der Waals surface area contributed by atoms with Gasteiger partial charge in [0.15, 0.2) is 11.2 Å². The van der Waals surface area contributed by atoms with Crippen molar-refractivity contribution in [3.05, 3.63) is 71.8 Å². The van der Waals surface area contributed by atoms with Crippen LogP contribution in [0.1, 0.15) is 62.9 Å². The molecule has 0 bridgehead atoms. The monoisotopic (exact) mass is 476 g/mol. The molecule has 2 aromatic rings. The second-order valence-corrected chi connectivity index (χ2v) is 10.3. The zero-order valence-electron chi connectivity index (χ0n) is 21.2. The van der Waals surface area contributed by atoms with E-state index in [2.05, 4.69) is 26.0 Å². The van der Waals surface area contributed by atoms with Crippen molar-refractivity contribution < 1.29 is 23.9 Å². The smallest absolute Gasteiger partial charge is 0.323 e. The molecule has 0 radical (unpaired) electrons. The molecule has 5 heteroatoms. The Kier molecular flexibility index (Phi) is 7.16. The molecule has 0 heterocycles. The number of carbonyl (C=O) groups is 3. The highest BCUT2D eigenvalue weighted by molar-refractivity contribution is 6.01. The number of benzene rings is 2. The van der Waals surface area contributed by atoms with Crippen molar-refractivity contribution >= 4 is 17.7 Å². The van der Waals surface area contributed by atoms with Crippen LogP contribution in [0.2, 0.25) is 0 Å². The van der Waals surface area contributed by atoms with Crippen molar-refractivity contribution in [2.24, 2.45) is 29.1 Å². The molecule has 5 nitrogen and oxygen atoms in total. The van der Waals surface area contributed by atoms with E-state index < -0.39 is 22.8 Å². The highest BCUT2D eigenvalue weighted by atomic mass is 16.6. The Morgan fingerprint density at radius 3 is 1.91 bits per heavy atom. The van der Waals surface area contributed by atoms with E-state index in [0.29, 0.717) is 24.8 Å². The zero-order valence-corrected chi connectivity index (χ0v) is 21.2. The third-order valence-electron chi connectivity index (χ3n) is 8.41. The van der Waals surface area contributed by atoms with Gasteiger partial charge in [-0.25, -0.2) is 0 Å². The van der Waals surface area contributed by atoms with Crippen molar-refractivity contribution in [3.8, 4) is 0 Å². The minimum Gasteiger partial charge on any atom is -0.465 e. The standard InChI is InChI=1S/C30H36O5/c1-5-34-27(32)29(28(33)35-6-2)18-22-17-24(26(31)21-13-9-7-10-14-21)30(20(3)4,25(22)19-29)23-15-11-8-12-16-23/h7-16,20,22,24-25H,5-6,17-19H2,1-4H3/t22-,24+,25+,30+/m0/s1. The lowest BCUT2D eigenvalue weighted by Gasteiger charge is -2.45. The summed E-state index contributed by atoms with van der Waals surface area (Å²) in [6.07, 6.45) is 1.32. The molecule has 186 valence electrons. The molecule has 0 spiro atoms. The molecular weight excluding hydrogens is 440 g/mol. The minimum atomic E-state index is -1.32. The SMILES string of the molecule is CCOC(=O)C1(C(=O)OCC)C[C@@H]2C[C@H](C(=O)c3ccccc3)[C@](c3ccccc3)(C(C)C)[C@@H]2C1. The van der Waals surface area contributed by atoms with Crippen molar-refractivity contribution in [2.75, 3.05) is 13.2 Å².